The molecule has 1 rings (SSSR count). The van der Waals surface area contributed by atoms with E-state index in [1.54, 1.807) is 0 Å². The molecule has 8 atom stereocenters. The van der Waals surface area contributed by atoms with Gasteiger partial charge in [0.05, 0.1) is 13.2 Å². The number of aliphatic hydroxyl groups is 5. The standard InChI is InChI=1S/C26H52O16P2/c1-2-3-4-5-6-7-8-9-10-11-12-13-14-15-20(28)40-19(16-38-18-27)17-39-44(36,37)42-26-23(31)21(29)25(22(30)24(26)32)41-43(33,34)35/h19,21-27,29-32H,2-18H2,1H3,(H,36,37)(H2,33,34,35)/t19-,21+,22?,23?,24+,25?,26?/m1/s1. The van der Waals surface area contributed by atoms with Crippen LogP contribution < -0.4 is 0 Å². The molecule has 5 unspecified atom stereocenters. The van der Waals surface area contributed by atoms with Crippen LogP contribution in [0.25, 0.3) is 0 Å². The number of carbonyl (C=O) groups excluding carboxylic acids is 1. The number of phosphoric ester groups is 2. The quantitative estimate of drug-likeness (QED) is 0.0295. The Morgan fingerprint density at radius 3 is 1.55 bits per heavy atom. The number of phosphoric acid groups is 2. The van der Waals surface area contributed by atoms with Crippen LogP contribution in [-0.4, -0.2) is 109 Å². The molecular weight excluding hydrogens is 630 g/mol. The van der Waals surface area contributed by atoms with Gasteiger partial charge in [0.15, 0.2) is 0 Å². The molecule has 0 aromatic heterocycles. The van der Waals surface area contributed by atoms with Gasteiger partial charge in [-0.2, -0.15) is 0 Å². The molecule has 16 nitrogen and oxygen atoms in total. The number of carbonyl (C=O) groups is 1. The lowest BCUT2D eigenvalue weighted by atomic mass is 9.85. The second-order valence-electron chi connectivity index (χ2n) is 11.0. The molecular formula is C26H52O16P2. The molecule has 18 heteroatoms. The maximum absolute atomic E-state index is 12.5. The molecule has 44 heavy (non-hydrogen) atoms. The van der Waals surface area contributed by atoms with Gasteiger partial charge >= 0.3 is 21.6 Å². The van der Waals surface area contributed by atoms with Crippen molar-refractivity contribution in [2.24, 2.45) is 0 Å². The SMILES string of the molecule is CCCCCCCCCCCCCCCC(=O)O[C@H](COCO)COP(=O)(O)OC1C(O)[C@H](O)C(OP(=O)(O)O)C(O)[C@@H]1O. The van der Waals surface area contributed by atoms with E-state index < -0.39 is 84.3 Å². The van der Waals surface area contributed by atoms with E-state index in [1.165, 1.54) is 51.4 Å². The van der Waals surface area contributed by atoms with Crippen molar-refractivity contribution in [1.29, 1.82) is 0 Å². The van der Waals surface area contributed by atoms with Crippen LogP contribution in [-0.2, 0) is 37.0 Å². The van der Waals surface area contributed by atoms with Gasteiger partial charge in [-0.15, -0.1) is 0 Å². The largest absolute Gasteiger partial charge is 0.472 e. The summed E-state index contributed by atoms with van der Waals surface area (Å²) in [6.45, 7) is 0.284. The van der Waals surface area contributed by atoms with Gasteiger partial charge in [-0.05, 0) is 6.42 Å². The third-order valence-corrected chi connectivity index (χ3v) is 8.66. The number of ether oxygens (including phenoxy) is 2. The summed E-state index contributed by atoms with van der Waals surface area (Å²) in [4.78, 5) is 40.3. The van der Waals surface area contributed by atoms with E-state index >= 15 is 0 Å². The van der Waals surface area contributed by atoms with Gasteiger partial charge in [0, 0.05) is 6.42 Å². The van der Waals surface area contributed by atoms with Crippen LogP contribution in [0.2, 0.25) is 0 Å². The molecule has 0 bridgehead atoms. The Bertz CT molecular complexity index is 857. The topological polar surface area (TPSA) is 259 Å². The first-order valence-electron chi connectivity index (χ1n) is 15.2. The van der Waals surface area contributed by atoms with Crippen molar-refractivity contribution in [1.82, 2.24) is 0 Å². The maximum Gasteiger partial charge on any atom is 0.472 e. The zero-order valence-corrected chi connectivity index (χ0v) is 27.1. The number of rotatable bonds is 25. The summed E-state index contributed by atoms with van der Waals surface area (Å²) in [7, 11) is -10.4. The van der Waals surface area contributed by atoms with Gasteiger partial charge in [0.2, 0.25) is 0 Å². The molecule has 0 saturated heterocycles. The zero-order valence-electron chi connectivity index (χ0n) is 25.3. The highest BCUT2D eigenvalue weighted by molar-refractivity contribution is 7.47. The highest BCUT2D eigenvalue weighted by atomic mass is 31.2. The third-order valence-electron chi connectivity index (χ3n) is 7.16. The van der Waals surface area contributed by atoms with Crippen molar-refractivity contribution < 1.29 is 77.2 Å². The Morgan fingerprint density at radius 1 is 0.682 bits per heavy atom. The molecule has 0 aromatic carbocycles. The minimum Gasteiger partial charge on any atom is -0.457 e. The van der Waals surface area contributed by atoms with Gasteiger partial charge in [-0.3, -0.25) is 18.4 Å². The molecule has 0 radical (unpaired) electrons. The Morgan fingerprint density at radius 2 is 1.11 bits per heavy atom. The first kappa shape index (κ1) is 41.5. The molecule has 1 fully saturated rings. The van der Waals surface area contributed by atoms with E-state index in [0.29, 0.717) is 6.42 Å². The van der Waals surface area contributed by atoms with Crippen molar-refractivity contribution in [3.63, 3.8) is 0 Å². The van der Waals surface area contributed by atoms with Gasteiger partial charge in [-0.25, -0.2) is 9.13 Å². The average Bonchev–Trinajstić information content (AvgIpc) is 2.96. The maximum atomic E-state index is 12.5. The lowest BCUT2D eigenvalue weighted by Gasteiger charge is -2.43. The van der Waals surface area contributed by atoms with Crippen LogP contribution in [0.1, 0.15) is 96.8 Å². The second-order valence-corrected chi connectivity index (χ2v) is 13.6. The van der Waals surface area contributed by atoms with Crippen molar-refractivity contribution >= 4 is 21.6 Å². The number of aliphatic hydroxyl groups excluding tert-OH is 5. The Labute approximate surface area is 258 Å². The fourth-order valence-corrected chi connectivity index (χ4v) is 6.32. The van der Waals surface area contributed by atoms with E-state index in [-0.39, 0.29) is 6.42 Å². The molecule has 0 heterocycles. The molecule has 0 spiro atoms. The van der Waals surface area contributed by atoms with Gasteiger partial charge in [0.25, 0.3) is 0 Å². The van der Waals surface area contributed by atoms with Crippen LogP contribution in [0.5, 0.6) is 0 Å². The Hall–Kier alpha value is -0.550. The molecule has 8 N–H and O–H groups in total. The normalized spacial score (nSPS) is 26.3. The molecule has 1 aliphatic carbocycles. The summed E-state index contributed by atoms with van der Waals surface area (Å²) in [6, 6.07) is 0. The molecule has 0 aromatic rings. The molecule has 1 saturated carbocycles. The molecule has 262 valence electrons. The summed E-state index contributed by atoms with van der Waals surface area (Å²) in [5.74, 6) is -0.627. The second kappa shape index (κ2) is 22.1. The minimum atomic E-state index is -5.27. The summed E-state index contributed by atoms with van der Waals surface area (Å²) >= 11 is 0. The lowest BCUT2D eigenvalue weighted by Crippen LogP contribution is -2.64. The third kappa shape index (κ3) is 17.4. The number of esters is 1. The van der Waals surface area contributed by atoms with E-state index in [9.17, 15) is 39.2 Å². The fraction of sp³-hybridized carbons (Fsp3) is 0.962. The van der Waals surface area contributed by atoms with E-state index in [1.807, 2.05) is 0 Å². The summed E-state index contributed by atoms with van der Waals surface area (Å²) in [5.41, 5.74) is 0. The summed E-state index contributed by atoms with van der Waals surface area (Å²) in [5, 5.41) is 49.5. The van der Waals surface area contributed by atoms with Gasteiger partial charge in [-0.1, -0.05) is 84.0 Å². The Balaban J connectivity index is 2.44. The van der Waals surface area contributed by atoms with Crippen molar-refractivity contribution in [2.45, 2.75) is 140 Å². The highest BCUT2D eigenvalue weighted by Gasteiger charge is 2.54. The number of unbranched alkanes of at least 4 members (excludes halogenated alkanes) is 12. The van der Waals surface area contributed by atoms with Crippen molar-refractivity contribution in [3.05, 3.63) is 0 Å². The number of hydrogen-bond acceptors (Lipinski definition) is 13. The van der Waals surface area contributed by atoms with Crippen LogP contribution in [0.3, 0.4) is 0 Å². The summed E-state index contributed by atoms with van der Waals surface area (Å²) < 4.78 is 47.3. The van der Waals surface area contributed by atoms with Crippen molar-refractivity contribution in [3.8, 4) is 0 Å². The molecule has 0 amide bonds. The predicted molar refractivity (Wildman–Crippen MR) is 155 cm³/mol. The van der Waals surface area contributed by atoms with E-state index in [0.717, 1.165) is 25.7 Å². The van der Waals surface area contributed by atoms with Crippen LogP contribution >= 0.6 is 15.6 Å². The van der Waals surface area contributed by atoms with Gasteiger partial charge in [0.1, 0.15) is 49.5 Å². The van der Waals surface area contributed by atoms with E-state index in [4.69, 9.17) is 33.4 Å². The summed E-state index contributed by atoms with van der Waals surface area (Å²) in [6.07, 6.45) is 0.300. The van der Waals surface area contributed by atoms with E-state index in [2.05, 4.69) is 11.4 Å². The van der Waals surface area contributed by atoms with Crippen LogP contribution in [0.15, 0.2) is 0 Å². The predicted octanol–water partition coefficient (Wildman–Crippen LogP) is 1.78. The van der Waals surface area contributed by atoms with Gasteiger partial charge < -0.3 is 49.7 Å². The zero-order chi connectivity index (χ0) is 33.2. The monoisotopic (exact) mass is 682 g/mol. The minimum absolute atomic E-state index is 0.0781. The average molecular weight is 683 g/mol. The first-order chi connectivity index (χ1) is 20.7. The smallest absolute Gasteiger partial charge is 0.457 e. The molecule has 1 aliphatic rings. The van der Waals surface area contributed by atoms with Crippen molar-refractivity contribution in [2.75, 3.05) is 20.0 Å². The fourth-order valence-electron chi connectivity index (χ4n) is 4.78. The highest BCUT2D eigenvalue weighted by Crippen LogP contribution is 2.48. The first-order valence-corrected chi connectivity index (χ1v) is 18.2. The van der Waals surface area contributed by atoms with Crippen LogP contribution in [0.4, 0.5) is 0 Å². The number of hydrogen-bond donors (Lipinski definition) is 8. The Kier molecular flexibility index (Phi) is 20.8. The van der Waals surface area contributed by atoms with Crippen LogP contribution in [0, 0.1) is 0 Å². The lowest BCUT2D eigenvalue weighted by molar-refractivity contribution is -0.216. The molecule has 0 aliphatic heterocycles.